The van der Waals surface area contributed by atoms with Gasteiger partial charge in [-0.3, -0.25) is 4.79 Å². The normalized spacial score (nSPS) is 13.4. The molecule has 0 saturated heterocycles. The van der Waals surface area contributed by atoms with E-state index in [2.05, 4.69) is 4.98 Å². The van der Waals surface area contributed by atoms with E-state index >= 15 is 0 Å². The number of nitriles is 1. The number of rotatable bonds is 5. The van der Waals surface area contributed by atoms with Gasteiger partial charge in [-0.05, 0) is 6.42 Å². The van der Waals surface area contributed by atoms with Gasteiger partial charge in [0.15, 0.2) is 11.7 Å². The predicted molar refractivity (Wildman–Crippen MR) is 80.8 cm³/mol. The molecule has 0 saturated carbocycles. The SMILES string of the molecule is CCC(Cl)C(=O)C(C#N)c1nc(-c2ccccc2)cs1. The Morgan fingerprint density at radius 1 is 1.45 bits per heavy atom. The number of carbonyl (C=O) groups excluding carboxylic acids is 1. The fraction of sp³-hybridized carbons (Fsp3) is 0.267. The molecule has 0 aliphatic rings. The average Bonchev–Trinajstić information content (AvgIpc) is 2.97. The molecule has 0 radical (unpaired) electrons. The van der Waals surface area contributed by atoms with Gasteiger partial charge >= 0.3 is 0 Å². The van der Waals surface area contributed by atoms with Gasteiger partial charge in [0.05, 0.1) is 17.1 Å². The lowest BCUT2D eigenvalue weighted by atomic mass is 10.0. The molecule has 0 fully saturated rings. The second kappa shape index (κ2) is 6.65. The van der Waals surface area contributed by atoms with Gasteiger partial charge in [0.25, 0.3) is 0 Å². The summed E-state index contributed by atoms with van der Waals surface area (Å²) in [6.45, 7) is 1.82. The zero-order valence-electron chi connectivity index (χ0n) is 10.9. The molecular weight excluding hydrogens is 292 g/mol. The van der Waals surface area contributed by atoms with Gasteiger partial charge in [-0.25, -0.2) is 4.98 Å². The molecule has 20 heavy (non-hydrogen) atoms. The molecule has 3 nitrogen and oxygen atoms in total. The summed E-state index contributed by atoms with van der Waals surface area (Å²) in [6.07, 6.45) is 0.509. The summed E-state index contributed by atoms with van der Waals surface area (Å²) in [4.78, 5) is 16.5. The lowest BCUT2D eigenvalue weighted by Gasteiger charge is -2.08. The molecule has 102 valence electrons. The van der Waals surface area contributed by atoms with Crippen LogP contribution in [0.4, 0.5) is 0 Å². The standard InChI is InChI=1S/C15H13ClN2OS/c1-2-12(16)14(19)11(8-17)15-18-13(9-20-15)10-6-4-3-5-7-10/h3-7,9,11-12H,2H2,1H3. The molecule has 2 atom stereocenters. The van der Waals surface area contributed by atoms with Crippen LogP contribution in [0.2, 0.25) is 0 Å². The molecule has 5 heteroatoms. The highest BCUT2D eigenvalue weighted by Crippen LogP contribution is 2.28. The number of alkyl halides is 1. The number of nitrogens with zero attached hydrogens (tertiary/aromatic N) is 2. The Morgan fingerprint density at radius 3 is 2.75 bits per heavy atom. The van der Waals surface area contributed by atoms with E-state index in [-0.39, 0.29) is 5.78 Å². The number of carbonyl (C=O) groups is 1. The summed E-state index contributed by atoms with van der Waals surface area (Å²) < 4.78 is 0. The van der Waals surface area contributed by atoms with Crippen LogP contribution in [-0.4, -0.2) is 16.1 Å². The molecule has 2 aromatic rings. The summed E-state index contributed by atoms with van der Waals surface area (Å²) in [5.74, 6) is -1.15. The Labute approximate surface area is 126 Å². The lowest BCUT2D eigenvalue weighted by molar-refractivity contribution is -0.119. The Kier molecular flexibility index (Phi) is 4.89. The molecule has 0 amide bonds. The Morgan fingerprint density at radius 2 is 2.15 bits per heavy atom. The fourth-order valence-corrected chi connectivity index (χ4v) is 2.79. The van der Waals surface area contributed by atoms with Gasteiger partial charge < -0.3 is 0 Å². The van der Waals surface area contributed by atoms with Crippen molar-refractivity contribution in [3.8, 4) is 17.3 Å². The summed E-state index contributed by atoms with van der Waals surface area (Å²) in [6, 6.07) is 11.7. The van der Waals surface area contributed by atoms with E-state index in [0.29, 0.717) is 11.4 Å². The maximum Gasteiger partial charge on any atom is 0.174 e. The molecule has 0 bridgehead atoms. The first-order valence-electron chi connectivity index (χ1n) is 6.25. The van der Waals surface area contributed by atoms with Crippen LogP contribution in [0.5, 0.6) is 0 Å². The minimum Gasteiger partial charge on any atom is -0.296 e. The van der Waals surface area contributed by atoms with Crippen molar-refractivity contribution in [1.82, 2.24) is 4.98 Å². The third kappa shape index (κ3) is 3.06. The van der Waals surface area contributed by atoms with Crippen molar-refractivity contribution in [2.24, 2.45) is 0 Å². The van der Waals surface area contributed by atoms with Crippen LogP contribution >= 0.6 is 22.9 Å². The number of aromatic nitrogens is 1. The molecule has 0 N–H and O–H groups in total. The van der Waals surface area contributed by atoms with E-state index in [1.807, 2.05) is 48.7 Å². The van der Waals surface area contributed by atoms with Gasteiger partial charge in [0, 0.05) is 10.9 Å². The Balaban J connectivity index is 2.28. The van der Waals surface area contributed by atoms with Crippen molar-refractivity contribution < 1.29 is 4.79 Å². The number of thiazole rings is 1. The van der Waals surface area contributed by atoms with Crippen LogP contribution in [0.15, 0.2) is 35.7 Å². The zero-order chi connectivity index (χ0) is 14.5. The van der Waals surface area contributed by atoms with E-state index in [9.17, 15) is 10.1 Å². The number of hydrogen-bond donors (Lipinski definition) is 0. The number of ketones is 1. The second-order valence-corrected chi connectivity index (χ2v) is 5.69. The molecule has 0 aliphatic carbocycles. The van der Waals surface area contributed by atoms with E-state index < -0.39 is 11.3 Å². The quantitative estimate of drug-likeness (QED) is 0.784. The van der Waals surface area contributed by atoms with Crippen LogP contribution in [0.1, 0.15) is 24.3 Å². The Hall–Kier alpha value is -1.70. The van der Waals surface area contributed by atoms with Crippen LogP contribution in [0.3, 0.4) is 0 Å². The summed E-state index contributed by atoms with van der Waals surface area (Å²) in [5.41, 5.74) is 1.75. The number of halogens is 1. The van der Waals surface area contributed by atoms with E-state index in [0.717, 1.165) is 11.3 Å². The average molecular weight is 305 g/mol. The zero-order valence-corrected chi connectivity index (χ0v) is 12.5. The lowest BCUT2D eigenvalue weighted by Crippen LogP contribution is -2.21. The summed E-state index contributed by atoms with van der Waals surface area (Å²) in [7, 11) is 0. The molecular formula is C15H13ClN2OS. The third-order valence-corrected chi connectivity index (χ3v) is 4.35. The van der Waals surface area contributed by atoms with Crippen molar-refractivity contribution >= 4 is 28.7 Å². The van der Waals surface area contributed by atoms with Crippen LogP contribution in [0.25, 0.3) is 11.3 Å². The van der Waals surface area contributed by atoms with Crippen molar-refractivity contribution in [2.75, 3.05) is 0 Å². The molecule has 1 heterocycles. The maximum absolute atomic E-state index is 12.1. The first-order chi connectivity index (χ1) is 9.67. The molecule has 2 unspecified atom stereocenters. The minimum absolute atomic E-state index is 0.273. The van der Waals surface area contributed by atoms with Crippen molar-refractivity contribution in [3.63, 3.8) is 0 Å². The second-order valence-electron chi connectivity index (χ2n) is 4.28. The van der Waals surface area contributed by atoms with Gasteiger partial charge in [0.2, 0.25) is 0 Å². The van der Waals surface area contributed by atoms with Gasteiger partial charge in [-0.2, -0.15) is 5.26 Å². The van der Waals surface area contributed by atoms with Crippen LogP contribution in [-0.2, 0) is 4.79 Å². The number of hydrogen-bond acceptors (Lipinski definition) is 4. The predicted octanol–water partition coefficient (Wildman–Crippen LogP) is 4.00. The molecule has 0 spiro atoms. The number of benzene rings is 1. The van der Waals surface area contributed by atoms with E-state index in [1.165, 1.54) is 11.3 Å². The largest absolute Gasteiger partial charge is 0.296 e. The van der Waals surface area contributed by atoms with Gasteiger partial charge in [-0.1, -0.05) is 37.3 Å². The number of Topliss-reactive ketones (excluding diaryl/α,β-unsaturated/α-hetero) is 1. The smallest absolute Gasteiger partial charge is 0.174 e. The van der Waals surface area contributed by atoms with E-state index in [4.69, 9.17) is 11.6 Å². The first kappa shape index (κ1) is 14.7. The fourth-order valence-electron chi connectivity index (χ4n) is 1.78. The van der Waals surface area contributed by atoms with Crippen molar-refractivity contribution in [2.45, 2.75) is 24.6 Å². The minimum atomic E-state index is -0.875. The molecule has 2 rings (SSSR count). The highest BCUT2D eigenvalue weighted by atomic mass is 35.5. The third-order valence-electron chi connectivity index (χ3n) is 2.92. The van der Waals surface area contributed by atoms with Crippen LogP contribution in [0, 0.1) is 11.3 Å². The van der Waals surface area contributed by atoms with E-state index in [1.54, 1.807) is 0 Å². The van der Waals surface area contributed by atoms with Crippen molar-refractivity contribution in [3.05, 3.63) is 40.7 Å². The monoisotopic (exact) mass is 304 g/mol. The summed E-state index contributed by atoms with van der Waals surface area (Å²) >= 11 is 7.26. The maximum atomic E-state index is 12.1. The van der Waals surface area contributed by atoms with Crippen LogP contribution < -0.4 is 0 Å². The molecule has 1 aromatic carbocycles. The topological polar surface area (TPSA) is 53.8 Å². The highest BCUT2D eigenvalue weighted by Gasteiger charge is 2.28. The Bertz CT molecular complexity index is 633. The summed E-state index contributed by atoms with van der Waals surface area (Å²) in [5, 5.41) is 10.9. The van der Waals surface area contributed by atoms with Gasteiger partial charge in [0.1, 0.15) is 5.01 Å². The molecule has 0 aliphatic heterocycles. The first-order valence-corrected chi connectivity index (χ1v) is 7.57. The van der Waals surface area contributed by atoms with Gasteiger partial charge in [-0.15, -0.1) is 22.9 Å². The highest BCUT2D eigenvalue weighted by molar-refractivity contribution is 7.10. The van der Waals surface area contributed by atoms with Crippen molar-refractivity contribution in [1.29, 1.82) is 5.26 Å². The molecule has 1 aromatic heterocycles.